The van der Waals surface area contributed by atoms with Crippen molar-refractivity contribution in [3.8, 4) is 0 Å². The van der Waals surface area contributed by atoms with Crippen LogP contribution in [0.5, 0.6) is 0 Å². The third kappa shape index (κ3) is 5.97. The maximum atomic E-state index is 12.7. The van der Waals surface area contributed by atoms with E-state index in [9.17, 15) is 26.3 Å². The van der Waals surface area contributed by atoms with Gasteiger partial charge in [-0.2, -0.15) is 26.3 Å². The lowest BCUT2D eigenvalue weighted by molar-refractivity contribution is -0.239. The number of alkyl halides is 7. The van der Waals surface area contributed by atoms with Gasteiger partial charge in [0.25, 0.3) is 0 Å². The summed E-state index contributed by atoms with van der Waals surface area (Å²) in [5.74, 6) is -1.88. The molecule has 0 aromatic carbocycles. The molecule has 0 aliphatic heterocycles. The monoisotopic (exact) mass is 390 g/mol. The maximum Gasteiger partial charge on any atom is 0.393 e. The van der Waals surface area contributed by atoms with Crippen LogP contribution in [0.4, 0.5) is 26.3 Å². The van der Waals surface area contributed by atoms with Gasteiger partial charge in [0.2, 0.25) is 0 Å². The third-order valence-electron chi connectivity index (χ3n) is 2.92. The molecule has 0 spiro atoms. The Morgan fingerprint density at radius 3 is 1.78 bits per heavy atom. The number of unbranched alkanes of at least 4 members (excludes halogenated alkanes) is 1. The lowest BCUT2D eigenvalue weighted by Crippen LogP contribution is -2.37. The van der Waals surface area contributed by atoms with E-state index in [2.05, 4.69) is 0 Å². The Kier molecular flexibility index (Phi) is 6.77. The fourth-order valence-corrected chi connectivity index (χ4v) is 2.14. The maximum absolute atomic E-state index is 12.7. The van der Waals surface area contributed by atoms with Crippen LogP contribution in [-0.2, 0) is 0 Å². The molecule has 0 N–H and O–H groups in total. The number of halogens is 7. The smallest absolute Gasteiger partial charge is 0.171 e. The molecular formula is C11H17F6I. The van der Waals surface area contributed by atoms with Crippen molar-refractivity contribution < 1.29 is 26.3 Å². The average molecular weight is 390 g/mol. The standard InChI is InChI=1S/C11H17F6I/c1-9(2,11(15,16)17)7-8(10(12,13)14)5-3-4-6-18/h8H,3-7H2,1-2H3. The highest BCUT2D eigenvalue weighted by atomic mass is 127. The zero-order chi connectivity index (χ0) is 14.6. The Labute approximate surface area is 117 Å². The molecule has 0 aliphatic rings. The van der Waals surface area contributed by atoms with Crippen LogP contribution in [0.1, 0.15) is 39.5 Å². The quantitative estimate of drug-likeness (QED) is 0.235. The van der Waals surface area contributed by atoms with Gasteiger partial charge in [-0.25, -0.2) is 0 Å². The van der Waals surface area contributed by atoms with Crippen molar-refractivity contribution in [3.05, 3.63) is 0 Å². The molecule has 0 aromatic heterocycles. The summed E-state index contributed by atoms with van der Waals surface area (Å²) in [5.41, 5.74) is -2.31. The molecule has 0 rings (SSSR count). The minimum Gasteiger partial charge on any atom is -0.171 e. The van der Waals surface area contributed by atoms with Crippen LogP contribution in [0, 0.1) is 11.3 Å². The molecule has 0 fully saturated rings. The molecule has 0 saturated carbocycles. The minimum absolute atomic E-state index is 0.230. The lowest BCUT2D eigenvalue weighted by Gasteiger charge is -2.32. The summed E-state index contributed by atoms with van der Waals surface area (Å²) in [7, 11) is 0. The summed E-state index contributed by atoms with van der Waals surface area (Å²) in [6, 6.07) is 0. The van der Waals surface area contributed by atoms with E-state index in [4.69, 9.17) is 0 Å². The van der Waals surface area contributed by atoms with E-state index in [0.29, 0.717) is 17.3 Å². The predicted molar refractivity (Wildman–Crippen MR) is 66.7 cm³/mol. The molecule has 0 heterocycles. The average Bonchev–Trinajstić information content (AvgIpc) is 2.13. The van der Waals surface area contributed by atoms with E-state index in [0.717, 1.165) is 13.8 Å². The van der Waals surface area contributed by atoms with Crippen molar-refractivity contribution in [2.75, 3.05) is 4.43 Å². The van der Waals surface area contributed by atoms with Crippen LogP contribution in [0.25, 0.3) is 0 Å². The van der Waals surface area contributed by atoms with E-state index in [1.165, 1.54) is 0 Å². The Morgan fingerprint density at radius 2 is 1.44 bits per heavy atom. The zero-order valence-electron chi connectivity index (χ0n) is 10.3. The van der Waals surface area contributed by atoms with Crippen molar-refractivity contribution >= 4 is 22.6 Å². The Morgan fingerprint density at radius 1 is 0.944 bits per heavy atom. The second kappa shape index (κ2) is 6.65. The van der Waals surface area contributed by atoms with Crippen molar-refractivity contribution in [2.24, 2.45) is 11.3 Å². The van der Waals surface area contributed by atoms with Crippen LogP contribution in [0.15, 0.2) is 0 Å². The van der Waals surface area contributed by atoms with E-state index < -0.39 is 30.1 Å². The van der Waals surface area contributed by atoms with Gasteiger partial charge in [-0.05, 0) is 23.7 Å². The molecule has 110 valence electrons. The molecule has 0 aliphatic carbocycles. The highest BCUT2D eigenvalue weighted by molar-refractivity contribution is 14.1. The van der Waals surface area contributed by atoms with Crippen LogP contribution in [0.3, 0.4) is 0 Å². The molecule has 18 heavy (non-hydrogen) atoms. The summed E-state index contributed by atoms with van der Waals surface area (Å²) in [6.07, 6.45) is -9.40. The third-order valence-corrected chi connectivity index (χ3v) is 3.69. The minimum atomic E-state index is -4.61. The SMILES string of the molecule is CC(C)(CC(CCCCI)C(F)(F)F)C(F)(F)F. The normalized spacial score (nSPS) is 15.8. The van der Waals surface area contributed by atoms with Gasteiger partial charge in [-0.1, -0.05) is 42.9 Å². The van der Waals surface area contributed by atoms with Crippen LogP contribution < -0.4 is 0 Å². The summed E-state index contributed by atoms with van der Waals surface area (Å²) >= 11 is 2.03. The number of hydrogen-bond donors (Lipinski definition) is 0. The molecule has 0 bridgehead atoms. The van der Waals surface area contributed by atoms with E-state index >= 15 is 0 Å². The Balaban J connectivity index is 4.70. The van der Waals surface area contributed by atoms with Gasteiger partial charge in [0, 0.05) is 0 Å². The van der Waals surface area contributed by atoms with E-state index in [1.807, 2.05) is 22.6 Å². The van der Waals surface area contributed by atoms with Gasteiger partial charge in [0.15, 0.2) is 0 Å². The molecule has 0 saturated heterocycles. The summed E-state index contributed by atoms with van der Waals surface area (Å²) in [4.78, 5) is 0. The second-order valence-electron chi connectivity index (χ2n) is 5.01. The first kappa shape index (κ1) is 18.3. The molecule has 0 nitrogen and oxygen atoms in total. The second-order valence-corrected chi connectivity index (χ2v) is 6.09. The summed E-state index contributed by atoms with van der Waals surface area (Å²) in [6.45, 7) is 1.65. The largest absolute Gasteiger partial charge is 0.393 e. The molecule has 0 radical (unpaired) electrons. The van der Waals surface area contributed by atoms with Crippen molar-refractivity contribution in [1.29, 1.82) is 0 Å². The van der Waals surface area contributed by atoms with Gasteiger partial charge in [0.1, 0.15) is 0 Å². The van der Waals surface area contributed by atoms with E-state index in [1.54, 1.807) is 0 Å². The molecule has 0 amide bonds. The highest BCUT2D eigenvalue weighted by Crippen LogP contribution is 2.46. The fraction of sp³-hybridized carbons (Fsp3) is 1.00. The van der Waals surface area contributed by atoms with E-state index in [-0.39, 0.29) is 6.42 Å². The van der Waals surface area contributed by atoms with Gasteiger partial charge >= 0.3 is 12.4 Å². The first-order valence-electron chi connectivity index (χ1n) is 5.61. The summed E-state index contributed by atoms with van der Waals surface area (Å²) < 4.78 is 76.6. The number of hydrogen-bond acceptors (Lipinski definition) is 0. The van der Waals surface area contributed by atoms with Crippen LogP contribution in [0.2, 0.25) is 0 Å². The van der Waals surface area contributed by atoms with Crippen molar-refractivity contribution in [2.45, 2.75) is 51.9 Å². The topological polar surface area (TPSA) is 0 Å². The van der Waals surface area contributed by atoms with Crippen LogP contribution in [-0.4, -0.2) is 16.8 Å². The predicted octanol–water partition coefficient (Wildman–Crippen LogP) is 5.75. The zero-order valence-corrected chi connectivity index (χ0v) is 12.4. The molecule has 0 aromatic rings. The lowest BCUT2D eigenvalue weighted by atomic mass is 9.80. The highest BCUT2D eigenvalue weighted by Gasteiger charge is 2.52. The van der Waals surface area contributed by atoms with Crippen molar-refractivity contribution in [3.63, 3.8) is 0 Å². The molecule has 1 atom stereocenters. The first-order valence-corrected chi connectivity index (χ1v) is 7.14. The van der Waals surface area contributed by atoms with Crippen LogP contribution >= 0.6 is 22.6 Å². The Bertz CT molecular complexity index is 243. The van der Waals surface area contributed by atoms with Gasteiger partial charge in [-0.3, -0.25) is 0 Å². The van der Waals surface area contributed by atoms with Crippen molar-refractivity contribution in [1.82, 2.24) is 0 Å². The van der Waals surface area contributed by atoms with Gasteiger partial charge in [-0.15, -0.1) is 0 Å². The molecule has 1 unspecified atom stereocenters. The molecular weight excluding hydrogens is 373 g/mol. The Hall–Kier alpha value is 0.310. The number of rotatable bonds is 6. The van der Waals surface area contributed by atoms with Gasteiger partial charge < -0.3 is 0 Å². The van der Waals surface area contributed by atoms with Gasteiger partial charge in [0.05, 0.1) is 11.3 Å². The first-order chi connectivity index (χ1) is 7.92. The summed E-state index contributed by atoms with van der Waals surface area (Å²) in [5, 5.41) is 0. The fourth-order valence-electron chi connectivity index (χ4n) is 1.60. The molecule has 7 heteroatoms.